The third-order valence-electron chi connectivity index (χ3n) is 13.7. The maximum Gasteiger partial charge on any atom is 0.182 e. The summed E-state index contributed by atoms with van der Waals surface area (Å²) in [6.07, 6.45) is 26.0. The summed E-state index contributed by atoms with van der Waals surface area (Å²) >= 11 is 0. The van der Waals surface area contributed by atoms with Crippen molar-refractivity contribution in [3.05, 3.63) is 309 Å². The van der Waals surface area contributed by atoms with Crippen LogP contribution in [-0.2, 0) is 43.8 Å². The van der Waals surface area contributed by atoms with Crippen molar-refractivity contribution in [1.29, 1.82) is 0 Å². The van der Waals surface area contributed by atoms with E-state index in [1.54, 1.807) is 127 Å². The second kappa shape index (κ2) is 41.6. The number of hydrogen-bond acceptors (Lipinski definition) is 21. The molecule has 0 saturated heterocycles. The molecule has 0 fully saturated rings. The van der Waals surface area contributed by atoms with E-state index < -0.39 is 11.6 Å². The highest BCUT2D eigenvalue weighted by molar-refractivity contribution is 6.11. The molecule has 21 nitrogen and oxygen atoms in total. The van der Waals surface area contributed by atoms with Crippen LogP contribution in [0.15, 0.2) is 248 Å². The maximum atomic E-state index is 11.9. The summed E-state index contributed by atoms with van der Waals surface area (Å²) in [5.74, 6) is -1.53. The molecule has 0 radical (unpaired) electrons. The second-order valence-corrected chi connectivity index (χ2v) is 21.5. The van der Waals surface area contributed by atoms with Gasteiger partial charge in [0.2, 0.25) is 0 Å². The molecular weight excluding hydrogens is 1310 g/mol. The predicted octanol–water partition coefficient (Wildman–Crippen LogP) is 13.4. The first-order valence-corrected chi connectivity index (χ1v) is 30.6. The normalized spacial score (nSPS) is 11.8. The molecule has 102 heavy (non-hydrogen) atoms. The van der Waals surface area contributed by atoms with Crippen LogP contribution in [0.25, 0.3) is 48.6 Å². The van der Waals surface area contributed by atoms with Gasteiger partial charge in [0, 0.05) is 34.9 Å². The predicted molar refractivity (Wildman–Crippen MR) is 390 cm³/mol. The van der Waals surface area contributed by atoms with Gasteiger partial charge in [0.25, 0.3) is 0 Å². The Labute approximate surface area is 586 Å². The number of ketones is 5. The SMILES string of the molecule is COc1cc(/C=C/C(=O)C=C(O)/C=C/c2ccc(O)c(CO)c2)ccc1O.COc1cc(/C=C/C(=O)CC(=O)/C=C/c2ccc(O)c(CO)c2)ccc1O.O=C(/C=C(O)/C=C/c1ccc(O)cc1)/C=C/c1ccc(O)cc1.O=C(C=C(O)/C=C/c1ccc(O)c(CO)c1)/C=C/c1ccc(O)cc1. The fraction of sp³-hybridized carbons (Fsp3) is 0.0741. The Morgan fingerprint density at radius 3 is 0.794 bits per heavy atom. The number of aromatic hydroxyl groups is 8. The van der Waals surface area contributed by atoms with E-state index in [2.05, 4.69) is 0 Å². The van der Waals surface area contributed by atoms with Crippen molar-refractivity contribution >= 4 is 77.5 Å². The van der Waals surface area contributed by atoms with Gasteiger partial charge in [-0.2, -0.15) is 0 Å². The lowest BCUT2D eigenvalue weighted by atomic mass is 10.1. The molecule has 0 unspecified atom stereocenters. The number of carbonyl (C=O) groups is 5. The number of ether oxygens (including phenoxy) is 2. The average Bonchev–Trinajstić information content (AvgIpc) is 0.946. The Hall–Kier alpha value is -13.5. The van der Waals surface area contributed by atoms with Gasteiger partial charge in [-0.15, -0.1) is 0 Å². The molecule has 0 saturated carbocycles. The van der Waals surface area contributed by atoms with E-state index in [1.807, 2.05) is 0 Å². The first-order chi connectivity index (χ1) is 48.8. The smallest absolute Gasteiger partial charge is 0.182 e. The number of methoxy groups -OCH3 is 2. The molecule has 0 aromatic heterocycles. The highest BCUT2D eigenvalue weighted by Gasteiger charge is 2.09. The molecule has 0 aliphatic rings. The summed E-state index contributed by atoms with van der Waals surface area (Å²) < 4.78 is 9.99. The molecule has 0 amide bonds. The molecule has 14 N–H and O–H groups in total. The van der Waals surface area contributed by atoms with E-state index in [0.717, 1.165) is 34.9 Å². The van der Waals surface area contributed by atoms with Crippen molar-refractivity contribution in [1.82, 2.24) is 0 Å². The van der Waals surface area contributed by atoms with Crippen LogP contribution in [0.5, 0.6) is 57.5 Å². The lowest BCUT2D eigenvalue weighted by molar-refractivity contribution is -0.122. The molecule has 0 heterocycles. The van der Waals surface area contributed by atoms with E-state index in [0.29, 0.717) is 56.0 Å². The number of aliphatic hydroxyl groups is 6. The fourth-order valence-corrected chi connectivity index (χ4v) is 8.33. The quantitative estimate of drug-likeness (QED) is 0.0104. The maximum absolute atomic E-state index is 11.9. The van der Waals surface area contributed by atoms with Gasteiger partial charge in [-0.05, 0) is 190 Å². The number of phenolic OH excluding ortho intramolecular Hbond substituents is 5. The van der Waals surface area contributed by atoms with Gasteiger partial charge in [0.1, 0.15) is 51.8 Å². The molecule has 0 spiro atoms. The van der Waals surface area contributed by atoms with Crippen LogP contribution in [0.2, 0.25) is 0 Å². The third-order valence-corrected chi connectivity index (χ3v) is 13.7. The van der Waals surface area contributed by atoms with Gasteiger partial charge >= 0.3 is 0 Å². The fourth-order valence-electron chi connectivity index (χ4n) is 8.33. The molecule has 0 aliphatic carbocycles. The Morgan fingerprint density at radius 2 is 0.520 bits per heavy atom. The van der Waals surface area contributed by atoms with Crippen molar-refractivity contribution < 1.29 is 105 Å². The molecule has 8 aromatic carbocycles. The zero-order chi connectivity index (χ0) is 74.5. The summed E-state index contributed by atoms with van der Waals surface area (Å²) in [4.78, 5) is 59.2. The van der Waals surface area contributed by atoms with E-state index in [-0.39, 0.29) is 107 Å². The van der Waals surface area contributed by atoms with Crippen molar-refractivity contribution in [3.63, 3.8) is 0 Å². The summed E-state index contributed by atoms with van der Waals surface area (Å²) in [7, 11) is 2.86. The van der Waals surface area contributed by atoms with Crippen molar-refractivity contribution in [2.45, 2.75) is 26.2 Å². The average molecular weight is 1380 g/mol. The molecule has 0 atom stereocenters. The molecule has 524 valence electrons. The molecule has 21 heteroatoms. The van der Waals surface area contributed by atoms with Gasteiger partial charge in [-0.3, -0.25) is 24.0 Å². The molecule has 8 rings (SSSR count). The van der Waals surface area contributed by atoms with Crippen LogP contribution >= 0.6 is 0 Å². The summed E-state index contributed by atoms with van der Waals surface area (Å²) in [5, 5.41) is 132. The molecular formula is C81H74O21. The first-order valence-electron chi connectivity index (χ1n) is 30.6. The van der Waals surface area contributed by atoms with E-state index >= 15 is 0 Å². The zero-order valence-electron chi connectivity index (χ0n) is 55.0. The number of benzene rings is 8. The van der Waals surface area contributed by atoms with E-state index in [9.17, 15) is 75.0 Å². The number of hydrogen-bond donors (Lipinski definition) is 14. The topological polar surface area (TPSA) is 387 Å². The van der Waals surface area contributed by atoms with Crippen LogP contribution < -0.4 is 9.47 Å². The van der Waals surface area contributed by atoms with Crippen molar-refractivity contribution in [2.75, 3.05) is 14.2 Å². The van der Waals surface area contributed by atoms with E-state index in [4.69, 9.17) is 29.9 Å². The first kappa shape index (κ1) is 79.2. The largest absolute Gasteiger partial charge is 0.508 e. The van der Waals surface area contributed by atoms with Gasteiger partial charge in [0.15, 0.2) is 51.9 Å². The Balaban J connectivity index is 0.000000245. The summed E-state index contributed by atoms with van der Waals surface area (Å²) in [6.45, 7) is -0.913. The Morgan fingerprint density at radius 1 is 0.294 bits per heavy atom. The molecule has 0 aliphatic heterocycles. The number of rotatable bonds is 26. The minimum Gasteiger partial charge on any atom is -0.508 e. The summed E-state index contributed by atoms with van der Waals surface area (Å²) in [5.41, 5.74) is 6.64. The number of aliphatic hydroxyl groups excluding tert-OH is 6. The Kier molecular flexibility index (Phi) is 32.3. The standard InChI is InChI=1S/2C21H20O6.C20H18O5.C19H16O4/c2*1-27-21-11-15(5-9-20(21)26)3-7-18(24)12-17(23)6-2-14-4-8-19(25)16(10-14)13-22;21-13-16-11-15(5-10-20(16)25)4-9-19(24)12-18(23)8-3-14-1-6-17(22)7-2-14;20-16-7-1-14(2-8-16)5-11-18(22)13-19(23)12-6-15-3-9-17(21)10-4-15/h2-11,22,25-26H,12-13H2,1H3;2-12,22-23,25-26H,13H2,1H3;1-12,21-22,24-25H,13H2;1-13,20-22H/b6-2+,7-3+;6-2+,7-3+,17-12?;8-3+,9-4+,19-12?;11-5+,12-6+,18-13-. The Bertz CT molecular complexity index is 4470. The highest BCUT2D eigenvalue weighted by atomic mass is 16.5. The second-order valence-electron chi connectivity index (χ2n) is 21.5. The molecule has 0 bridgehead atoms. The minimum absolute atomic E-state index is 0.000113. The van der Waals surface area contributed by atoms with Gasteiger partial charge < -0.3 is 81.0 Å². The minimum atomic E-state index is -0.425. The van der Waals surface area contributed by atoms with Crippen LogP contribution in [0.3, 0.4) is 0 Å². The monoisotopic (exact) mass is 1380 g/mol. The summed E-state index contributed by atoms with van der Waals surface area (Å²) in [6, 6.07) is 42.3. The van der Waals surface area contributed by atoms with E-state index in [1.165, 1.54) is 148 Å². The van der Waals surface area contributed by atoms with Crippen molar-refractivity contribution in [3.8, 4) is 57.5 Å². The highest BCUT2D eigenvalue weighted by Crippen LogP contribution is 2.29. The lowest BCUT2D eigenvalue weighted by Crippen LogP contribution is -2.01. The number of phenols is 8. The zero-order valence-corrected chi connectivity index (χ0v) is 55.0. The van der Waals surface area contributed by atoms with Crippen LogP contribution in [-0.4, -0.2) is 115 Å². The van der Waals surface area contributed by atoms with Gasteiger partial charge in [-0.25, -0.2) is 0 Å². The van der Waals surface area contributed by atoms with Crippen molar-refractivity contribution in [2.24, 2.45) is 0 Å². The number of carbonyl (C=O) groups excluding carboxylic acids is 5. The van der Waals surface area contributed by atoms with Crippen LogP contribution in [0.1, 0.15) is 67.6 Å². The van der Waals surface area contributed by atoms with Crippen LogP contribution in [0, 0.1) is 0 Å². The van der Waals surface area contributed by atoms with Gasteiger partial charge in [-0.1, -0.05) is 115 Å². The number of allylic oxidation sites excluding steroid dienone is 11. The third kappa shape index (κ3) is 29.1. The molecule has 8 aromatic rings. The van der Waals surface area contributed by atoms with Crippen LogP contribution in [0.4, 0.5) is 0 Å². The van der Waals surface area contributed by atoms with Gasteiger partial charge in [0.05, 0.1) is 40.5 Å². The lowest BCUT2D eigenvalue weighted by Gasteiger charge is -2.03.